The van der Waals surface area contributed by atoms with Gasteiger partial charge in [0.25, 0.3) is 0 Å². The molecule has 0 spiro atoms. The van der Waals surface area contributed by atoms with Crippen LogP contribution in [0.15, 0.2) is 0 Å². The lowest BCUT2D eigenvalue weighted by atomic mass is 10.1. The molecule has 0 bridgehead atoms. The van der Waals surface area contributed by atoms with Crippen molar-refractivity contribution in [2.45, 2.75) is 71.8 Å². The van der Waals surface area contributed by atoms with Gasteiger partial charge in [0.05, 0.1) is 0 Å². The summed E-state index contributed by atoms with van der Waals surface area (Å²) < 4.78 is 0. The molecule has 0 aromatic heterocycles. The normalized spacial score (nSPS) is 13.2. The van der Waals surface area contributed by atoms with Crippen molar-refractivity contribution in [3.63, 3.8) is 0 Å². The van der Waals surface area contributed by atoms with Crippen LogP contribution in [0.2, 0.25) is 0 Å². The van der Waals surface area contributed by atoms with Crippen LogP contribution in [0, 0.1) is 0 Å². The maximum Gasteiger partial charge on any atom is 0.00644 e. The molecule has 0 amide bonds. The molecule has 0 saturated heterocycles. The molecule has 0 heterocycles. The minimum Gasteiger partial charge on any atom is -0.314 e. The Kier molecular flexibility index (Phi) is 10.0. The van der Waals surface area contributed by atoms with Crippen LogP contribution >= 0.6 is 0 Å². The number of nitrogens with one attached hydrogen (secondary N) is 1. The second kappa shape index (κ2) is 10.0. The third-order valence-corrected chi connectivity index (χ3v) is 2.58. The molecule has 1 nitrogen and oxygen atoms in total. The zero-order chi connectivity index (χ0) is 9.94. The molecule has 0 radical (unpaired) electrons. The average Bonchev–Trinajstić information content (AvgIpc) is 2.17. The first kappa shape index (κ1) is 13.0. The number of rotatable bonds is 9. The zero-order valence-electron chi connectivity index (χ0n) is 9.73. The zero-order valence-corrected chi connectivity index (χ0v) is 9.73. The Morgan fingerprint density at radius 3 is 2.23 bits per heavy atom. The Bertz CT molecular complexity index is 91.1. The predicted octanol–water partition coefficient (Wildman–Crippen LogP) is 3.74. The van der Waals surface area contributed by atoms with Crippen LogP contribution in [-0.2, 0) is 0 Å². The van der Waals surface area contributed by atoms with Crippen molar-refractivity contribution in [1.29, 1.82) is 0 Å². The molecule has 0 aliphatic rings. The SMILES string of the molecule is CCCCCC[C@H](CC)NCCC. The highest BCUT2D eigenvalue weighted by Gasteiger charge is 2.03. The van der Waals surface area contributed by atoms with E-state index in [1.807, 2.05) is 0 Å². The molecule has 1 atom stereocenters. The third-order valence-electron chi connectivity index (χ3n) is 2.58. The van der Waals surface area contributed by atoms with Gasteiger partial charge in [-0.15, -0.1) is 0 Å². The Hall–Kier alpha value is -0.0400. The molecule has 0 fully saturated rings. The van der Waals surface area contributed by atoms with Gasteiger partial charge in [-0.05, 0) is 25.8 Å². The van der Waals surface area contributed by atoms with Gasteiger partial charge in [0.2, 0.25) is 0 Å². The van der Waals surface area contributed by atoms with Crippen LogP contribution in [-0.4, -0.2) is 12.6 Å². The van der Waals surface area contributed by atoms with Crippen molar-refractivity contribution in [2.75, 3.05) is 6.54 Å². The summed E-state index contributed by atoms with van der Waals surface area (Å²) in [5, 5.41) is 3.60. The Balaban J connectivity index is 3.25. The van der Waals surface area contributed by atoms with Gasteiger partial charge in [0.1, 0.15) is 0 Å². The van der Waals surface area contributed by atoms with E-state index in [0.29, 0.717) is 0 Å². The fraction of sp³-hybridized carbons (Fsp3) is 1.00. The van der Waals surface area contributed by atoms with Gasteiger partial charge in [-0.25, -0.2) is 0 Å². The van der Waals surface area contributed by atoms with Gasteiger partial charge in [-0.2, -0.15) is 0 Å². The van der Waals surface area contributed by atoms with Gasteiger partial charge in [0, 0.05) is 6.04 Å². The molecule has 0 unspecified atom stereocenters. The van der Waals surface area contributed by atoms with E-state index in [9.17, 15) is 0 Å². The quantitative estimate of drug-likeness (QED) is 0.540. The fourth-order valence-electron chi connectivity index (χ4n) is 1.62. The summed E-state index contributed by atoms with van der Waals surface area (Å²) in [6.45, 7) is 7.98. The first-order valence-corrected chi connectivity index (χ1v) is 6.08. The summed E-state index contributed by atoms with van der Waals surface area (Å²) in [4.78, 5) is 0. The summed E-state index contributed by atoms with van der Waals surface area (Å²) in [7, 11) is 0. The molecule has 0 aromatic carbocycles. The van der Waals surface area contributed by atoms with Gasteiger partial charge >= 0.3 is 0 Å². The standard InChI is InChI=1S/C12H27N/c1-4-7-8-9-10-12(6-3)13-11-5-2/h12-13H,4-11H2,1-3H3/t12-/m0/s1. The molecular weight excluding hydrogens is 158 g/mol. The van der Waals surface area contributed by atoms with Crippen LogP contribution in [0.3, 0.4) is 0 Å². The largest absolute Gasteiger partial charge is 0.314 e. The highest BCUT2D eigenvalue weighted by Crippen LogP contribution is 2.07. The lowest BCUT2D eigenvalue weighted by Crippen LogP contribution is -2.28. The minimum atomic E-state index is 0.775. The summed E-state index contributed by atoms with van der Waals surface area (Å²) >= 11 is 0. The van der Waals surface area contributed by atoms with Crippen LogP contribution in [0.1, 0.15) is 65.7 Å². The lowest BCUT2D eigenvalue weighted by Gasteiger charge is -2.15. The number of hydrogen-bond donors (Lipinski definition) is 1. The number of hydrogen-bond acceptors (Lipinski definition) is 1. The molecule has 80 valence electrons. The van der Waals surface area contributed by atoms with Gasteiger partial charge in [-0.3, -0.25) is 0 Å². The predicted molar refractivity (Wildman–Crippen MR) is 61.1 cm³/mol. The van der Waals surface area contributed by atoms with Crippen LogP contribution < -0.4 is 5.32 Å². The smallest absolute Gasteiger partial charge is 0.00644 e. The number of unbranched alkanes of at least 4 members (excludes halogenated alkanes) is 3. The van der Waals surface area contributed by atoms with Gasteiger partial charge in [-0.1, -0.05) is 46.5 Å². The second-order valence-corrected chi connectivity index (χ2v) is 3.91. The Morgan fingerprint density at radius 1 is 0.923 bits per heavy atom. The van der Waals surface area contributed by atoms with Crippen molar-refractivity contribution in [3.8, 4) is 0 Å². The van der Waals surface area contributed by atoms with E-state index < -0.39 is 0 Å². The van der Waals surface area contributed by atoms with E-state index in [0.717, 1.165) is 6.04 Å². The van der Waals surface area contributed by atoms with E-state index in [2.05, 4.69) is 26.1 Å². The molecule has 0 aliphatic carbocycles. The molecule has 0 aliphatic heterocycles. The van der Waals surface area contributed by atoms with E-state index in [1.54, 1.807) is 0 Å². The van der Waals surface area contributed by atoms with Crippen molar-refractivity contribution in [1.82, 2.24) is 5.32 Å². The van der Waals surface area contributed by atoms with Crippen molar-refractivity contribution < 1.29 is 0 Å². The van der Waals surface area contributed by atoms with Crippen molar-refractivity contribution >= 4 is 0 Å². The summed E-state index contributed by atoms with van der Waals surface area (Å²) in [6.07, 6.45) is 9.49. The summed E-state index contributed by atoms with van der Waals surface area (Å²) in [5.41, 5.74) is 0. The highest BCUT2D eigenvalue weighted by atomic mass is 14.9. The van der Waals surface area contributed by atoms with Crippen LogP contribution in [0.4, 0.5) is 0 Å². The van der Waals surface area contributed by atoms with E-state index >= 15 is 0 Å². The van der Waals surface area contributed by atoms with Crippen molar-refractivity contribution in [2.24, 2.45) is 0 Å². The Labute approximate surface area is 84.3 Å². The van der Waals surface area contributed by atoms with Gasteiger partial charge in [0.15, 0.2) is 0 Å². The summed E-state index contributed by atoms with van der Waals surface area (Å²) in [5.74, 6) is 0. The molecular formula is C12H27N. The maximum absolute atomic E-state index is 3.60. The van der Waals surface area contributed by atoms with Gasteiger partial charge < -0.3 is 5.32 Å². The molecule has 0 saturated carbocycles. The highest BCUT2D eigenvalue weighted by molar-refractivity contribution is 4.64. The van der Waals surface area contributed by atoms with Crippen LogP contribution in [0.25, 0.3) is 0 Å². The van der Waals surface area contributed by atoms with E-state index in [1.165, 1.54) is 51.5 Å². The fourth-order valence-corrected chi connectivity index (χ4v) is 1.62. The molecule has 1 N–H and O–H groups in total. The molecule has 0 rings (SSSR count). The molecule has 0 aromatic rings. The lowest BCUT2D eigenvalue weighted by molar-refractivity contribution is 0.445. The van der Waals surface area contributed by atoms with Crippen LogP contribution in [0.5, 0.6) is 0 Å². The monoisotopic (exact) mass is 185 g/mol. The molecule has 13 heavy (non-hydrogen) atoms. The average molecular weight is 185 g/mol. The topological polar surface area (TPSA) is 12.0 Å². The summed E-state index contributed by atoms with van der Waals surface area (Å²) in [6, 6.07) is 0.775. The third kappa shape index (κ3) is 8.29. The van der Waals surface area contributed by atoms with Crippen molar-refractivity contribution in [3.05, 3.63) is 0 Å². The second-order valence-electron chi connectivity index (χ2n) is 3.91. The Morgan fingerprint density at radius 2 is 1.69 bits per heavy atom. The first-order chi connectivity index (χ1) is 6.35. The van der Waals surface area contributed by atoms with E-state index in [-0.39, 0.29) is 0 Å². The van der Waals surface area contributed by atoms with E-state index in [4.69, 9.17) is 0 Å². The minimum absolute atomic E-state index is 0.775. The molecule has 1 heteroatoms. The first-order valence-electron chi connectivity index (χ1n) is 6.08. The maximum atomic E-state index is 3.60.